The Labute approximate surface area is 132 Å². The molecule has 0 aromatic rings. The van der Waals surface area contributed by atoms with Gasteiger partial charge in [0.2, 0.25) is 5.91 Å². The van der Waals surface area contributed by atoms with Crippen molar-refractivity contribution in [2.24, 2.45) is 0 Å². The van der Waals surface area contributed by atoms with Crippen molar-refractivity contribution in [2.75, 3.05) is 26.8 Å². The molecule has 1 saturated heterocycles. The molecule has 1 heterocycles. The fourth-order valence-corrected chi connectivity index (χ4v) is 3.25. The molecule has 1 aliphatic heterocycles. The highest BCUT2D eigenvalue weighted by Gasteiger charge is 2.32. The highest BCUT2D eigenvalue weighted by Crippen LogP contribution is 2.21. The van der Waals surface area contributed by atoms with Crippen LogP contribution in [0.3, 0.4) is 0 Å². The molecule has 0 spiro atoms. The molecule has 0 radical (unpaired) electrons. The lowest BCUT2D eigenvalue weighted by Crippen LogP contribution is -2.52. The number of ether oxygens (including phenoxy) is 2. The first-order valence-corrected chi connectivity index (χ1v) is 8.46. The van der Waals surface area contributed by atoms with Gasteiger partial charge in [-0.2, -0.15) is 0 Å². The molecule has 0 unspecified atom stereocenters. The van der Waals surface area contributed by atoms with Crippen molar-refractivity contribution in [3.05, 3.63) is 0 Å². The fraction of sp³-hybridized carbons (Fsp3) is 0.875. The zero-order valence-corrected chi connectivity index (χ0v) is 13.5. The summed E-state index contributed by atoms with van der Waals surface area (Å²) >= 11 is 0. The lowest BCUT2D eigenvalue weighted by molar-refractivity contribution is -0.127. The van der Waals surface area contributed by atoms with Crippen molar-refractivity contribution in [3.8, 4) is 0 Å². The lowest BCUT2D eigenvalue weighted by Gasteiger charge is -2.33. The van der Waals surface area contributed by atoms with Crippen LogP contribution in [-0.4, -0.2) is 55.9 Å². The Balaban J connectivity index is 1.65. The number of piperidine rings is 1. The van der Waals surface area contributed by atoms with Crippen molar-refractivity contribution < 1.29 is 19.1 Å². The largest absolute Gasteiger partial charge is 0.453 e. The van der Waals surface area contributed by atoms with Crippen LogP contribution in [0.1, 0.15) is 51.4 Å². The van der Waals surface area contributed by atoms with Crippen molar-refractivity contribution >= 4 is 12.0 Å². The number of methoxy groups -OCH3 is 1. The Morgan fingerprint density at radius 1 is 1.14 bits per heavy atom. The third kappa shape index (κ3) is 4.87. The van der Waals surface area contributed by atoms with Gasteiger partial charge in [-0.15, -0.1) is 0 Å². The summed E-state index contributed by atoms with van der Waals surface area (Å²) in [5, 5.41) is 2.92. The normalized spacial score (nSPS) is 22.6. The highest BCUT2D eigenvalue weighted by molar-refractivity contribution is 5.85. The van der Waals surface area contributed by atoms with E-state index >= 15 is 0 Å². The molecular weight excluding hydrogens is 284 g/mol. The third-order valence-corrected chi connectivity index (χ3v) is 4.49. The maximum Gasteiger partial charge on any atom is 0.410 e. The molecule has 2 rings (SSSR count). The van der Waals surface area contributed by atoms with Gasteiger partial charge in [-0.25, -0.2) is 4.79 Å². The van der Waals surface area contributed by atoms with E-state index in [0.717, 1.165) is 19.3 Å². The van der Waals surface area contributed by atoms with Crippen LogP contribution in [0.4, 0.5) is 4.79 Å². The molecule has 0 bridgehead atoms. The number of likely N-dealkylation sites (tertiary alicyclic amines) is 1. The average molecular weight is 312 g/mol. The average Bonchev–Trinajstić information content (AvgIpc) is 3.07. The third-order valence-electron chi connectivity index (χ3n) is 4.49. The van der Waals surface area contributed by atoms with E-state index in [-0.39, 0.29) is 5.91 Å². The van der Waals surface area contributed by atoms with E-state index < -0.39 is 12.1 Å². The van der Waals surface area contributed by atoms with Gasteiger partial charge in [-0.05, 0) is 38.5 Å². The molecule has 1 aliphatic carbocycles. The first kappa shape index (κ1) is 17.1. The molecule has 2 fully saturated rings. The van der Waals surface area contributed by atoms with Crippen molar-refractivity contribution in [1.29, 1.82) is 0 Å². The minimum absolute atomic E-state index is 0.0778. The summed E-state index contributed by atoms with van der Waals surface area (Å²) in [6, 6.07) is -0.392. The standard InChI is InChI=1S/C16H28N2O4/c1-21-16(20)18-11-5-4-9-14(18)15(19)17-10-6-12-22-13-7-2-3-8-13/h13-14H,2-12H2,1H3,(H,17,19)/t14-/m1/s1. The summed E-state index contributed by atoms with van der Waals surface area (Å²) in [5.74, 6) is -0.0778. The first-order valence-electron chi connectivity index (χ1n) is 8.46. The van der Waals surface area contributed by atoms with Crippen LogP contribution in [0, 0.1) is 0 Å². The summed E-state index contributed by atoms with van der Waals surface area (Å²) in [7, 11) is 1.35. The van der Waals surface area contributed by atoms with E-state index in [1.54, 1.807) is 0 Å². The predicted octanol–water partition coefficient (Wildman–Crippen LogP) is 2.07. The van der Waals surface area contributed by atoms with Gasteiger partial charge in [0, 0.05) is 19.7 Å². The molecule has 2 amide bonds. The Kier molecular flexibility index (Phi) is 6.96. The van der Waals surface area contributed by atoms with Gasteiger partial charge in [-0.3, -0.25) is 9.69 Å². The topological polar surface area (TPSA) is 67.9 Å². The number of nitrogens with one attached hydrogen (secondary N) is 1. The maximum absolute atomic E-state index is 12.2. The Bertz CT molecular complexity index is 369. The van der Waals surface area contributed by atoms with Gasteiger partial charge < -0.3 is 14.8 Å². The second-order valence-corrected chi connectivity index (χ2v) is 6.10. The number of amides is 2. The molecule has 0 aromatic carbocycles. The van der Waals surface area contributed by atoms with Crippen LogP contribution in [0.25, 0.3) is 0 Å². The summed E-state index contributed by atoms with van der Waals surface area (Å²) in [6.07, 6.45) is 8.30. The quantitative estimate of drug-likeness (QED) is 0.762. The molecule has 1 atom stereocenters. The van der Waals surface area contributed by atoms with Crippen LogP contribution >= 0.6 is 0 Å². The van der Waals surface area contributed by atoms with E-state index in [9.17, 15) is 9.59 Å². The van der Waals surface area contributed by atoms with E-state index in [0.29, 0.717) is 32.2 Å². The minimum atomic E-state index is -0.413. The summed E-state index contributed by atoms with van der Waals surface area (Å²) < 4.78 is 10.5. The van der Waals surface area contributed by atoms with Gasteiger partial charge in [0.15, 0.2) is 0 Å². The maximum atomic E-state index is 12.2. The number of hydrogen-bond acceptors (Lipinski definition) is 4. The first-order chi connectivity index (χ1) is 10.7. The number of carbonyl (C=O) groups excluding carboxylic acids is 2. The summed E-state index contributed by atoms with van der Waals surface area (Å²) in [5.41, 5.74) is 0. The zero-order chi connectivity index (χ0) is 15.8. The van der Waals surface area contributed by atoms with E-state index in [4.69, 9.17) is 9.47 Å². The van der Waals surface area contributed by atoms with Crippen LogP contribution in [0.2, 0.25) is 0 Å². The number of rotatable bonds is 6. The summed E-state index contributed by atoms with van der Waals surface area (Å²) in [6.45, 7) is 1.88. The SMILES string of the molecule is COC(=O)N1CCCC[C@@H]1C(=O)NCCCOC1CCCC1. The highest BCUT2D eigenvalue weighted by atomic mass is 16.5. The second kappa shape index (κ2) is 8.98. The van der Waals surface area contributed by atoms with Gasteiger partial charge >= 0.3 is 6.09 Å². The minimum Gasteiger partial charge on any atom is -0.453 e. The van der Waals surface area contributed by atoms with Gasteiger partial charge in [0.1, 0.15) is 6.04 Å². The second-order valence-electron chi connectivity index (χ2n) is 6.10. The van der Waals surface area contributed by atoms with Gasteiger partial charge in [0.05, 0.1) is 13.2 Å². The molecule has 0 aromatic heterocycles. The van der Waals surface area contributed by atoms with Crippen LogP contribution in [0.5, 0.6) is 0 Å². The monoisotopic (exact) mass is 312 g/mol. The van der Waals surface area contributed by atoms with Crippen LogP contribution in [0.15, 0.2) is 0 Å². The van der Waals surface area contributed by atoms with Gasteiger partial charge in [-0.1, -0.05) is 12.8 Å². The number of nitrogens with zero attached hydrogens (tertiary/aromatic N) is 1. The molecule has 1 N–H and O–H groups in total. The van der Waals surface area contributed by atoms with E-state index in [1.165, 1.54) is 37.7 Å². The molecule has 6 nitrogen and oxygen atoms in total. The molecular formula is C16H28N2O4. The van der Waals surface area contributed by atoms with E-state index in [1.807, 2.05) is 0 Å². The zero-order valence-electron chi connectivity index (χ0n) is 13.5. The van der Waals surface area contributed by atoms with E-state index in [2.05, 4.69) is 5.32 Å². The fourth-order valence-electron chi connectivity index (χ4n) is 3.25. The van der Waals surface area contributed by atoms with Crippen molar-refractivity contribution in [2.45, 2.75) is 63.5 Å². The van der Waals surface area contributed by atoms with Crippen LogP contribution in [-0.2, 0) is 14.3 Å². The Morgan fingerprint density at radius 2 is 1.86 bits per heavy atom. The predicted molar refractivity (Wildman–Crippen MR) is 82.6 cm³/mol. The van der Waals surface area contributed by atoms with Crippen LogP contribution < -0.4 is 5.32 Å². The Hall–Kier alpha value is -1.30. The molecule has 1 saturated carbocycles. The molecule has 2 aliphatic rings. The number of carbonyl (C=O) groups is 2. The van der Waals surface area contributed by atoms with Crippen molar-refractivity contribution in [1.82, 2.24) is 10.2 Å². The summed E-state index contributed by atoms with van der Waals surface area (Å²) in [4.78, 5) is 25.5. The smallest absolute Gasteiger partial charge is 0.410 e. The molecule has 6 heteroatoms. The molecule has 22 heavy (non-hydrogen) atoms. The lowest BCUT2D eigenvalue weighted by atomic mass is 10.0. The Morgan fingerprint density at radius 3 is 2.59 bits per heavy atom. The number of hydrogen-bond donors (Lipinski definition) is 1. The van der Waals surface area contributed by atoms with Crippen molar-refractivity contribution in [3.63, 3.8) is 0 Å². The van der Waals surface area contributed by atoms with Gasteiger partial charge in [0.25, 0.3) is 0 Å². The molecule has 126 valence electrons.